The topological polar surface area (TPSA) is 49.0 Å². The molecule has 0 fully saturated rings. The summed E-state index contributed by atoms with van der Waals surface area (Å²) in [5, 5.41) is 3.22. The van der Waals surface area contributed by atoms with E-state index in [1.807, 2.05) is 19.2 Å². The van der Waals surface area contributed by atoms with Crippen LogP contribution in [0.15, 0.2) is 18.2 Å². The molecule has 5 nitrogen and oxygen atoms in total. The minimum absolute atomic E-state index is 0.281. The van der Waals surface area contributed by atoms with Crippen LogP contribution >= 0.6 is 0 Å². The van der Waals surface area contributed by atoms with Gasteiger partial charge in [-0.25, -0.2) is 0 Å². The average Bonchev–Trinajstić information content (AvgIpc) is 2.88. The van der Waals surface area contributed by atoms with Gasteiger partial charge in [0.2, 0.25) is 0 Å². The Hall–Kier alpha value is -1.30. The second kappa shape index (κ2) is 8.09. The first-order valence-corrected chi connectivity index (χ1v) is 6.98. The first kappa shape index (κ1) is 15.1. The van der Waals surface area contributed by atoms with E-state index in [1.165, 1.54) is 5.56 Å². The number of hydrogen-bond acceptors (Lipinski definition) is 5. The third kappa shape index (κ3) is 4.10. The molecule has 0 saturated heterocycles. The van der Waals surface area contributed by atoms with Crippen LogP contribution in [0.4, 0.5) is 0 Å². The van der Waals surface area contributed by atoms with Crippen molar-refractivity contribution in [2.75, 3.05) is 47.2 Å². The SMILES string of the molecule is CNC1COc2cc(OCCOCCCOC)ccc21. The Balaban J connectivity index is 1.69. The summed E-state index contributed by atoms with van der Waals surface area (Å²) in [6, 6.07) is 6.25. The van der Waals surface area contributed by atoms with Crippen molar-refractivity contribution in [1.82, 2.24) is 5.32 Å². The van der Waals surface area contributed by atoms with Crippen LogP contribution in [0.5, 0.6) is 11.5 Å². The number of benzene rings is 1. The minimum Gasteiger partial charge on any atom is -0.491 e. The lowest BCUT2D eigenvalue weighted by molar-refractivity contribution is 0.0806. The second-order valence-electron chi connectivity index (χ2n) is 4.66. The van der Waals surface area contributed by atoms with Crippen molar-refractivity contribution in [2.24, 2.45) is 0 Å². The molecule has 112 valence electrons. The Morgan fingerprint density at radius 2 is 2.15 bits per heavy atom. The van der Waals surface area contributed by atoms with Crippen molar-refractivity contribution >= 4 is 0 Å². The first-order chi connectivity index (χ1) is 9.85. The maximum atomic E-state index is 5.65. The van der Waals surface area contributed by atoms with Crippen molar-refractivity contribution in [3.05, 3.63) is 23.8 Å². The number of methoxy groups -OCH3 is 1. The third-order valence-electron chi connectivity index (χ3n) is 3.25. The Kier molecular flexibility index (Phi) is 6.11. The van der Waals surface area contributed by atoms with Crippen LogP contribution < -0.4 is 14.8 Å². The molecule has 1 atom stereocenters. The monoisotopic (exact) mass is 281 g/mol. The predicted molar refractivity (Wildman–Crippen MR) is 76.5 cm³/mol. The molecule has 0 bridgehead atoms. The molecule has 0 radical (unpaired) electrons. The van der Waals surface area contributed by atoms with E-state index < -0.39 is 0 Å². The lowest BCUT2D eigenvalue weighted by Gasteiger charge is -2.09. The number of nitrogens with one attached hydrogen (secondary N) is 1. The van der Waals surface area contributed by atoms with E-state index >= 15 is 0 Å². The van der Waals surface area contributed by atoms with Crippen molar-refractivity contribution in [2.45, 2.75) is 12.5 Å². The maximum absolute atomic E-state index is 5.65. The zero-order valence-electron chi connectivity index (χ0n) is 12.2. The molecular formula is C15H23NO4. The summed E-state index contributed by atoms with van der Waals surface area (Å²) in [5.74, 6) is 1.73. The van der Waals surface area contributed by atoms with Crippen LogP contribution in [0.25, 0.3) is 0 Å². The van der Waals surface area contributed by atoms with Gasteiger partial charge in [-0.2, -0.15) is 0 Å². The maximum Gasteiger partial charge on any atom is 0.127 e. The zero-order valence-corrected chi connectivity index (χ0v) is 12.2. The number of hydrogen-bond donors (Lipinski definition) is 1. The van der Waals surface area contributed by atoms with Gasteiger partial charge in [0, 0.05) is 32.0 Å². The Morgan fingerprint density at radius 1 is 1.25 bits per heavy atom. The largest absolute Gasteiger partial charge is 0.491 e. The summed E-state index contributed by atoms with van der Waals surface area (Å²) in [5.41, 5.74) is 1.19. The predicted octanol–water partition coefficient (Wildman–Crippen LogP) is 1.77. The molecule has 0 aliphatic carbocycles. The van der Waals surface area contributed by atoms with Gasteiger partial charge < -0.3 is 24.3 Å². The van der Waals surface area contributed by atoms with Crippen LogP contribution in [0, 0.1) is 0 Å². The Morgan fingerprint density at radius 3 is 2.95 bits per heavy atom. The lowest BCUT2D eigenvalue weighted by atomic mass is 10.1. The van der Waals surface area contributed by atoms with Gasteiger partial charge in [0.25, 0.3) is 0 Å². The molecule has 1 aromatic carbocycles. The van der Waals surface area contributed by atoms with Crippen LogP contribution in [-0.4, -0.2) is 47.2 Å². The first-order valence-electron chi connectivity index (χ1n) is 6.98. The summed E-state index contributed by atoms with van der Waals surface area (Å²) >= 11 is 0. The highest BCUT2D eigenvalue weighted by Crippen LogP contribution is 2.34. The number of likely N-dealkylation sites (N-methyl/N-ethyl adjacent to an activating group) is 1. The summed E-state index contributed by atoms with van der Waals surface area (Å²) in [7, 11) is 3.63. The highest BCUT2D eigenvalue weighted by molar-refractivity contribution is 5.44. The van der Waals surface area contributed by atoms with Gasteiger partial charge in [0.05, 0.1) is 12.6 Å². The summed E-state index contributed by atoms with van der Waals surface area (Å²) in [4.78, 5) is 0. The standard InChI is InChI=1S/C15H23NO4/c1-16-14-11-20-15-10-12(4-5-13(14)15)19-9-8-18-7-3-6-17-2/h4-5,10,14,16H,3,6-9,11H2,1-2H3. The molecule has 0 spiro atoms. The quantitative estimate of drug-likeness (QED) is 0.699. The Bertz CT molecular complexity index is 411. The highest BCUT2D eigenvalue weighted by atomic mass is 16.5. The molecule has 5 heteroatoms. The number of rotatable bonds is 9. The van der Waals surface area contributed by atoms with E-state index in [2.05, 4.69) is 11.4 Å². The summed E-state index contributed by atoms with van der Waals surface area (Å²) in [6.45, 7) is 3.24. The molecule has 1 aromatic rings. The van der Waals surface area contributed by atoms with Crippen LogP contribution in [-0.2, 0) is 9.47 Å². The molecule has 1 unspecified atom stereocenters. The molecule has 0 amide bonds. The van der Waals surface area contributed by atoms with E-state index in [-0.39, 0.29) is 6.04 Å². The van der Waals surface area contributed by atoms with Gasteiger partial charge in [-0.05, 0) is 25.6 Å². The lowest BCUT2D eigenvalue weighted by Crippen LogP contribution is -2.17. The van der Waals surface area contributed by atoms with Gasteiger partial charge >= 0.3 is 0 Å². The molecule has 1 aliphatic heterocycles. The summed E-state index contributed by atoms with van der Waals surface area (Å²) in [6.07, 6.45) is 0.911. The number of ether oxygens (including phenoxy) is 4. The molecule has 0 saturated carbocycles. The fraction of sp³-hybridized carbons (Fsp3) is 0.600. The van der Waals surface area contributed by atoms with Gasteiger partial charge in [0.15, 0.2) is 0 Å². The smallest absolute Gasteiger partial charge is 0.127 e. The van der Waals surface area contributed by atoms with Crippen molar-refractivity contribution in [3.8, 4) is 11.5 Å². The fourth-order valence-corrected chi connectivity index (χ4v) is 2.14. The average molecular weight is 281 g/mol. The molecular weight excluding hydrogens is 258 g/mol. The molecule has 1 aliphatic rings. The van der Waals surface area contributed by atoms with E-state index in [0.717, 1.165) is 24.5 Å². The third-order valence-corrected chi connectivity index (χ3v) is 3.25. The fourth-order valence-electron chi connectivity index (χ4n) is 2.14. The van der Waals surface area contributed by atoms with E-state index in [1.54, 1.807) is 7.11 Å². The van der Waals surface area contributed by atoms with Crippen LogP contribution in [0.3, 0.4) is 0 Å². The van der Waals surface area contributed by atoms with E-state index in [9.17, 15) is 0 Å². The minimum atomic E-state index is 0.281. The Labute approximate surface area is 120 Å². The van der Waals surface area contributed by atoms with E-state index in [0.29, 0.717) is 26.4 Å². The molecule has 20 heavy (non-hydrogen) atoms. The van der Waals surface area contributed by atoms with Crippen molar-refractivity contribution in [3.63, 3.8) is 0 Å². The molecule has 1 heterocycles. The van der Waals surface area contributed by atoms with Gasteiger partial charge in [0.1, 0.15) is 24.7 Å². The van der Waals surface area contributed by atoms with Crippen molar-refractivity contribution < 1.29 is 18.9 Å². The zero-order chi connectivity index (χ0) is 14.2. The van der Waals surface area contributed by atoms with Gasteiger partial charge in [-0.1, -0.05) is 0 Å². The summed E-state index contributed by atoms with van der Waals surface area (Å²) < 4.78 is 21.7. The van der Waals surface area contributed by atoms with Gasteiger partial charge in [-0.15, -0.1) is 0 Å². The highest BCUT2D eigenvalue weighted by Gasteiger charge is 2.22. The molecule has 1 N–H and O–H groups in total. The molecule has 0 aromatic heterocycles. The van der Waals surface area contributed by atoms with Crippen molar-refractivity contribution in [1.29, 1.82) is 0 Å². The second-order valence-corrected chi connectivity index (χ2v) is 4.66. The van der Waals surface area contributed by atoms with E-state index in [4.69, 9.17) is 18.9 Å². The number of fused-ring (bicyclic) bond motifs is 1. The molecule has 2 rings (SSSR count). The normalized spacial score (nSPS) is 16.8. The van der Waals surface area contributed by atoms with Crippen LogP contribution in [0.2, 0.25) is 0 Å². The van der Waals surface area contributed by atoms with Crippen LogP contribution in [0.1, 0.15) is 18.0 Å². The van der Waals surface area contributed by atoms with Gasteiger partial charge in [-0.3, -0.25) is 0 Å².